The average Bonchev–Trinajstić information content (AvgIpc) is 3.19. The first-order chi connectivity index (χ1) is 15.7. The summed E-state index contributed by atoms with van der Waals surface area (Å²) in [6.07, 6.45) is 3.62. The second-order valence-corrected chi connectivity index (χ2v) is 7.99. The summed E-state index contributed by atoms with van der Waals surface area (Å²) in [5.41, 5.74) is 4.17. The van der Waals surface area contributed by atoms with E-state index in [1.807, 2.05) is 73.8 Å². The van der Waals surface area contributed by atoms with Gasteiger partial charge in [-0.1, -0.05) is 35.9 Å². The topological polar surface area (TPSA) is 67.6 Å². The number of para-hydroxylation sites is 1. The molecule has 0 saturated carbocycles. The number of hydrogen-bond acceptors (Lipinski definition) is 5. The third-order valence-electron chi connectivity index (χ3n) is 5.83. The maximum absolute atomic E-state index is 13.2. The van der Waals surface area contributed by atoms with Crippen molar-refractivity contribution < 1.29 is 13.9 Å². The molecule has 1 aliphatic heterocycles. The van der Waals surface area contributed by atoms with E-state index < -0.39 is 0 Å². The number of rotatable bonds is 5. The number of aromatic nitrogens is 1. The van der Waals surface area contributed by atoms with Gasteiger partial charge in [0, 0.05) is 36.4 Å². The van der Waals surface area contributed by atoms with Gasteiger partial charge < -0.3 is 14.5 Å². The number of morpholine rings is 1. The van der Waals surface area contributed by atoms with Crippen LogP contribution >= 0.6 is 0 Å². The lowest BCUT2D eigenvalue weighted by Crippen LogP contribution is -2.39. The second kappa shape index (κ2) is 8.94. The highest BCUT2D eigenvalue weighted by atomic mass is 16.5. The van der Waals surface area contributed by atoms with Crippen LogP contribution in [-0.4, -0.2) is 42.1 Å². The van der Waals surface area contributed by atoms with E-state index in [0.717, 1.165) is 35.2 Å². The number of carbonyl (C=O) groups is 1. The van der Waals surface area contributed by atoms with Gasteiger partial charge in [0.25, 0.3) is 5.91 Å². The molecule has 1 amide bonds. The van der Waals surface area contributed by atoms with E-state index in [-0.39, 0.29) is 11.9 Å². The molecule has 0 aliphatic carbocycles. The predicted molar refractivity (Wildman–Crippen MR) is 124 cm³/mol. The molecular weight excluding hydrogens is 402 g/mol. The van der Waals surface area contributed by atoms with Gasteiger partial charge in [0.15, 0.2) is 5.76 Å². The molecule has 0 radical (unpaired) electrons. The summed E-state index contributed by atoms with van der Waals surface area (Å²) < 4.78 is 12.0. The molecule has 5 rings (SSSR count). The van der Waals surface area contributed by atoms with Crippen molar-refractivity contribution in [1.82, 2.24) is 9.88 Å². The summed E-state index contributed by atoms with van der Waals surface area (Å²) in [5.74, 6) is 0.547. The van der Waals surface area contributed by atoms with Crippen LogP contribution in [0.4, 0.5) is 5.69 Å². The van der Waals surface area contributed by atoms with Crippen LogP contribution in [0.2, 0.25) is 0 Å². The zero-order valence-corrected chi connectivity index (χ0v) is 18.0. The fourth-order valence-corrected chi connectivity index (χ4v) is 4.18. The Labute approximate surface area is 186 Å². The molecule has 0 bridgehead atoms. The molecule has 1 saturated heterocycles. The van der Waals surface area contributed by atoms with Crippen molar-refractivity contribution in [3.63, 3.8) is 0 Å². The third kappa shape index (κ3) is 4.02. The summed E-state index contributed by atoms with van der Waals surface area (Å²) in [6.45, 7) is 4.85. The largest absolute Gasteiger partial charge is 0.457 e. The molecule has 0 unspecified atom stereocenters. The van der Waals surface area contributed by atoms with Crippen molar-refractivity contribution in [3.05, 3.63) is 95.5 Å². The lowest BCUT2D eigenvalue weighted by molar-refractivity contribution is 0.0205. The maximum atomic E-state index is 13.2. The highest BCUT2D eigenvalue weighted by Crippen LogP contribution is 2.40. The summed E-state index contributed by atoms with van der Waals surface area (Å²) in [6, 6.07) is 19.2. The fourth-order valence-electron chi connectivity index (χ4n) is 4.18. The summed E-state index contributed by atoms with van der Waals surface area (Å²) in [4.78, 5) is 19.8. The van der Waals surface area contributed by atoms with E-state index in [1.165, 1.54) is 0 Å². The van der Waals surface area contributed by atoms with Crippen LogP contribution in [0.25, 0.3) is 11.0 Å². The number of carbonyl (C=O) groups excluding carboxylic acids is 1. The molecular formula is C26H25N3O3. The zero-order valence-electron chi connectivity index (χ0n) is 18.0. The second-order valence-electron chi connectivity index (χ2n) is 7.99. The molecule has 1 aliphatic rings. The number of benzene rings is 2. The van der Waals surface area contributed by atoms with Gasteiger partial charge in [0.2, 0.25) is 0 Å². The van der Waals surface area contributed by atoms with Crippen molar-refractivity contribution in [2.24, 2.45) is 0 Å². The van der Waals surface area contributed by atoms with Crippen molar-refractivity contribution >= 4 is 22.6 Å². The number of hydrogen-bond donors (Lipinski definition) is 1. The Bertz CT molecular complexity index is 1210. The minimum absolute atomic E-state index is 0.162. The van der Waals surface area contributed by atoms with Gasteiger partial charge >= 0.3 is 0 Å². The van der Waals surface area contributed by atoms with E-state index in [1.54, 1.807) is 6.20 Å². The highest BCUT2D eigenvalue weighted by molar-refractivity contribution is 6.09. The number of nitrogens with one attached hydrogen (secondary N) is 1. The van der Waals surface area contributed by atoms with Gasteiger partial charge in [0.1, 0.15) is 5.58 Å². The normalized spacial score (nSPS) is 15.5. The van der Waals surface area contributed by atoms with Crippen LogP contribution in [0.5, 0.6) is 0 Å². The molecule has 1 fully saturated rings. The van der Waals surface area contributed by atoms with Gasteiger partial charge in [0.05, 0.1) is 24.9 Å². The minimum Gasteiger partial charge on any atom is -0.457 e. The average molecular weight is 428 g/mol. The van der Waals surface area contributed by atoms with E-state index in [4.69, 9.17) is 9.15 Å². The van der Waals surface area contributed by atoms with Gasteiger partial charge in [-0.05, 0) is 42.8 Å². The molecule has 3 heterocycles. The van der Waals surface area contributed by atoms with E-state index in [2.05, 4.69) is 15.2 Å². The van der Waals surface area contributed by atoms with E-state index >= 15 is 0 Å². The molecule has 2 aromatic carbocycles. The Kier molecular flexibility index (Phi) is 5.71. The number of nitrogens with zero attached hydrogens (tertiary/aromatic N) is 2. The lowest BCUT2D eigenvalue weighted by atomic mass is 10.0. The van der Waals surface area contributed by atoms with Crippen LogP contribution in [-0.2, 0) is 4.74 Å². The quantitative estimate of drug-likeness (QED) is 0.495. The number of pyridine rings is 1. The van der Waals surface area contributed by atoms with E-state index in [0.29, 0.717) is 30.2 Å². The molecule has 6 heteroatoms. The van der Waals surface area contributed by atoms with Crippen LogP contribution in [0.3, 0.4) is 0 Å². The van der Waals surface area contributed by atoms with Crippen LogP contribution in [0.1, 0.15) is 33.3 Å². The van der Waals surface area contributed by atoms with Gasteiger partial charge in [-0.25, -0.2) is 0 Å². The predicted octanol–water partition coefficient (Wildman–Crippen LogP) is 4.81. The summed E-state index contributed by atoms with van der Waals surface area (Å²) >= 11 is 0. The molecule has 1 N–H and O–H groups in total. The SMILES string of the molecule is Cc1ccc(C(=O)Nc2c([C@@H](c3cccnc3)N3CCOCC3)oc3ccccc23)cc1. The smallest absolute Gasteiger partial charge is 0.255 e. The molecule has 2 aromatic heterocycles. The zero-order chi connectivity index (χ0) is 21.9. The number of anilines is 1. The number of amides is 1. The standard InChI is InChI=1S/C26H25N3O3/c1-18-8-10-19(11-9-18)26(30)28-23-21-6-2-3-7-22(21)32-25(23)24(20-5-4-12-27-17-20)29-13-15-31-16-14-29/h2-12,17,24H,13-16H2,1H3,(H,28,30)/t24-/m1/s1. The molecule has 0 spiro atoms. The number of ether oxygens (including phenoxy) is 1. The van der Waals surface area contributed by atoms with Crippen molar-refractivity contribution in [1.29, 1.82) is 0 Å². The first kappa shape index (κ1) is 20.4. The van der Waals surface area contributed by atoms with Crippen LogP contribution in [0, 0.1) is 6.92 Å². The molecule has 1 atom stereocenters. The first-order valence-corrected chi connectivity index (χ1v) is 10.8. The van der Waals surface area contributed by atoms with Crippen LogP contribution in [0.15, 0.2) is 77.5 Å². The maximum Gasteiger partial charge on any atom is 0.255 e. The Morgan fingerprint density at radius 2 is 1.81 bits per heavy atom. The van der Waals surface area contributed by atoms with Crippen molar-refractivity contribution in [3.8, 4) is 0 Å². The first-order valence-electron chi connectivity index (χ1n) is 10.8. The van der Waals surface area contributed by atoms with Crippen LogP contribution < -0.4 is 5.32 Å². The minimum atomic E-state index is -0.187. The molecule has 6 nitrogen and oxygen atoms in total. The summed E-state index contributed by atoms with van der Waals surface area (Å²) in [7, 11) is 0. The third-order valence-corrected chi connectivity index (χ3v) is 5.83. The Morgan fingerprint density at radius 1 is 1.03 bits per heavy atom. The Hall–Kier alpha value is -3.48. The summed E-state index contributed by atoms with van der Waals surface area (Å²) in [5, 5.41) is 4.03. The fraction of sp³-hybridized carbons (Fsp3) is 0.231. The molecule has 162 valence electrons. The lowest BCUT2D eigenvalue weighted by Gasteiger charge is -2.33. The Balaban J connectivity index is 1.61. The number of aryl methyl sites for hydroxylation is 1. The van der Waals surface area contributed by atoms with Gasteiger partial charge in [-0.3, -0.25) is 14.7 Å². The van der Waals surface area contributed by atoms with Crippen molar-refractivity contribution in [2.45, 2.75) is 13.0 Å². The molecule has 32 heavy (non-hydrogen) atoms. The van der Waals surface area contributed by atoms with Gasteiger partial charge in [-0.2, -0.15) is 0 Å². The highest BCUT2D eigenvalue weighted by Gasteiger charge is 2.31. The van der Waals surface area contributed by atoms with E-state index in [9.17, 15) is 4.79 Å². The number of fused-ring (bicyclic) bond motifs is 1. The Morgan fingerprint density at radius 3 is 2.56 bits per heavy atom. The monoisotopic (exact) mass is 427 g/mol. The van der Waals surface area contributed by atoms with Gasteiger partial charge in [-0.15, -0.1) is 0 Å². The number of furan rings is 1. The van der Waals surface area contributed by atoms with Crippen molar-refractivity contribution in [2.75, 3.05) is 31.6 Å². The molecule has 4 aromatic rings.